The Labute approximate surface area is 134 Å². The highest BCUT2D eigenvalue weighted by molar-refractivity contribution is 7.99. The van der Waals surface area contributed by atoms with Crippen molar-refractivity contribution in [2.24, 2.45) is 0 Å². The van der Waals surface area contributed by atoms with Crippen molar-refractivity contribution in [2.45, 2.75) is 42.4 Å². The smallest absolute Gasteiger partial charge is 0.224 e. The molecule has 4 rings (SSSR count). The molecule has 0 unspecified atom stereocenters. The lowest BCUT2D eigenvalue weighted by molar-refractivity contribution is 0.591. The molecule has 0 saturated heterocycles. The molecule has 0 saturated carbocycles. The van der Waals surface area contributed by atoms with Crippen LogP contribution in [-0.2, 0) is 13.0 Å². The lowest BCUT2D eigenvalue weighted by Gasteiger charge is -2.06. The fourth-order valence-electron chi connectivity index (χ4n) is 2.50. The fourth-order valence-corrected chi connectivity index (χ4v) is 4.57. The van der Waals surface area contributed by atoms with E-state index < -0.39 is 0 Å². The van der Waals surface area contributed by atoms with Crippen LogP contribution < -0.4 is 0 Å². The molecule has 0 atom stereocenters. The molecule has 0 aromatic carbocycles. The van der Waals surface area contributed by atoms with Crippen LogP contribution in [0.15, 0.2) is 21.6 Å². The molecule has 1 aliphatic rings. The highest BCUT2D eigenvalue weighted by Gasteiger charge is 2.18. The van der Waals surface area contributed by atoms with E-state index in [1.54, 1.807) is 11.3 Å². The Bertz CT molecular complexity index is 797. The van der Waals surface area contributed by atoms with Gasteiger partial charge < -0.3 is 4.57 Å². The SMILES string of the molecule is Clc1nc(Sc2nnc3n2CCCCC3)c2ccsc2n1. The summed E-state index contributed by atoms with van der Waals surface area (Å²) in [4.78, 5) is 9.52. The molecule has 1 aliphatic heterocycles. The van der Waals surface area contributed by atoms with Crippen molar-refractivity contribution in [1.29, 1.82) is 0 Å². The van der Waals surface area contributed by atoms with Crippen LogP contribution >= 0.6 is 34.7 Å². The van der Waals surface area contributed by atoms with E-state index in [1.165, 1.54) is 31.0 Å². The van der Waals surface area contributed by atoms with Gasteiger partial charge in [-0.1, -0.05) is 6.42 Å². The third-order valence-corrected chi connectivity index (χ3v) is 5.49. The summed E-state index contributed by atoms with van der Waals surface area (Å²) in [7, 11) is 0. The maximum atomic E-state index is 6.02. The molecule has 0 aliphatic carbocycles. The second-order valence-corrected chi connectivity index (χ2v) is 7.09. The van der Waals surface area contributed by atoms with Gasteiger partial charge in [-0.05, 0) is 47.7 Å². The van der Waals surface area contributed by atoms with Crippen molar-refractivity contribution in [1.82, 2.24) is 24.7 Å². The molecule has 21 heavy (non-hydrogen) atoms. The van der Waals surface area contributed by atoms with Crippen molar-refractivity contribution in [2.75, 3.05) is 0 Å². The maximum Gasteiger partial charge on any atom is 0.224 e. The lowest BCUT2D eigenvalue weighted by atomic mass is 10.2. The Morgan fingerprint density at radius 1 is 1.19 bits per heavy atom. The number of fused-ring (bicyclic) bond motifs is 2. The normalized spacial score (nSPS) is 15.1. The van der Waals surface area contributed by atoms with Crippen LogP contribution in [-0.4, -0.2) is 24.7 Å². The summed E-state index contributed by atoms with van der Waals surface area (Å²) in [6, 6.07) is 2.03. The van der Waals surface area contributed by atoms with Gasteiger partial charge in [-0.3, -0.25) is 0 Å². The zero-order valence-electron chi connectivity index (χ0n) is 11.1. The second kappa shape index (κ2) is 5.55. The van der Waals surface area contributed by atoms with E-state index in [0.29, 0.717) is 0 Å². The first-order chi connectivity index (χ1) is 10.3. The molecule has 0 bridgehead atoms. The number of rotatable bonds is 2. The number of thiophene rings is 1. The van der Waals surface area contributed by atoms with Crippen LogP contribution in [0.3, 0.4) is 0 Å². The van der Waals surface area contributed by atoms with E-state index in [-0.39, 0.29) is 5.28 Å². The van der Waals surface area contributed by atoms with Gasteiger partial charge in [-0.25, -0.2) is 9.97 Å². The maximum absolute atomic E-state index is 6.02. The average molecular weight is 338 g/mol. The minimum absolute atomic E-state index is 0.281. The van der Waals surface area contributed by atoms with Crippen molar-refractivity contribution in [3.05, 3.63) is 22.6 Å². The van der Waals surface area contributed by atoms with E-state index in [9.17, 15) is 0 Å². The first-order valence-corrected chi connectivity index (χ1v) is 8.89. The first kappa shape index (κ1) is 13.5. The predicted octanol–water partition coefficient (Wildman–Crippen LogP) is 3.81. The molecular weight excluding hydrogens is 326 g/mol. The summed E-state index contributed by atoms with van der Waals surface area (Å²) >= 11 is 9.11. The van der Waals surface area contributed by atoms with Gasteiger partial charge in [0.15, 0.2) is 5.16 Å². The largest absolute Gasteiger partial charge is 0.306 e. The molecule has 3 aromatic heterocycles. The molecule has 108 valence electrons. The highest BCUT2D eigenvalue weighted by Crippen LogP contribution is 2.34. The molecule has 0 amide bonds. The third-order valence-electron chi connectivity index (χ3n) is 3.53. The highest BCUT2D eigenvalue weighted by atomic mass is 35.5. The van der Waals surface area contributed by atoms with Crippen LogP contribution in [0.1, 0.15) is 25.1 Å². The molecule has 8 heteroatoms. The molecule has 0 radical (unpaired) electrons. The molecule has 4 heterocycles. The van der Waals surface area contributed by atoms with E-state index in [1.807, 2.05) is 11.4 Å². The van der Waals surface area contributed by atoms with E-state index >= 15 is 0 Å². The van der Waals surface area contributed by atoms with Gasteiger partial charge in [0.1, 0.15) is 15.7 Å². The van der Waals surface area contributed by atoms with Crippen molar-refractivity contribution in [3.63, 3.8) is 0 Å². The summed E-state index contributed by atoms with van der Waals surface area (Å²) in [6.07, 6.45) is 4.63. The quantitative estimate of drug-likeness (QED) is 0.525. The Morgan fingerprint density at radius 2 is 2.14 bits per heavy atom. The lowest BCUT2D eigenvalue weighted by Crippen LogP contribution is -2.02. The van der Waals surface area contributed by atoms with Gasteiger partial charge in [0.2, 0.25) is 5.28 Å². The number of aryl methyl sites for hydroxylation is 1. The Hall–Kier alpha value is -1.18. The molecule has 0 N–H and O–H groups in total. The standard InChI is InChI=1S/C13H12ClN5S2/c14-12-15-10-8(5-7-20-10)11(16-12)21-13-18-17-9-4-2-1-3-6-19(9)13/h5,7H,1-4,6H2. The van der Waals surface area contributed by atoms with Crippen molar-refractivity contribution < 1.29 is 0 Å². The number of aromatic nitrogens is 5. The second-order valence-electron chi connectivity index (χ2n) is 4.90. The van der Waals surface area contributed by atoms with Gasteiger partial charge >= 0.3 is 0 Å². The van der Waals surface area contributed by atoms with Gasteiger partial charge in [0.25, 0.3) is 0 Å². The van der Waals surface area contributed by atoms with E-state index in [4.69, 9.17) is 11.6 Å². The number of nitrogens with zero attached hydrogens (tertiary/aromatic N) is 5. The minimum atomic E-state index is 0.281. The minimum Gasteiger partial charge on any atom is -0.306 e. The van der Waals surface area contributed by atoms with E-state index in [2.05, 4.69) is 24.7 Å². The van der Waals surface area contributed by atoms with Crippen LogP contribution in [0.2, 0.25) is 5.28 Å². The van der Waals surface area contributed by atoms with Gasteiger partial charge in [-0.15, -0.1) is 21.5 Å². The van der Waals surface area contributed by atoms with Gasteiger partial charge in [0, 0.05) is 18.4 Å². The monoisotopic (exact) mass is 337 g/mol. The van der Waals surface area contributed by atoms with Gasteiger partial charge in [0.05, 0.1) is 0 Å². The van der Waals surface area contributed by atoms with Crippen LogP contribution in [0.4, 0.5) is 0 Å². The summed E-state index contributed by atoms with van der Waals surface area (Å²) in [5, 5.41) is 13.7. The van der Waals surface area contributed by atoms with Crippen molar-refractivity contribution in [3.8, 4) is 0 Å². The Kier molecular flexibility index (Phi) is 3.56. The zero-order chi connectivity index (χ0) is 14.2. The number of hydrogen-bond donors (Lipinski definition) is 0. The molecule has 0 spiro atoms. The molecular formula is C13H12ClN5S2. The van der Waals surface area contributed by atoms with Crippen LogP contribution in [0.25, 0.3) is 10.2 Å². The summed E-state index contributed by atoms with van der Waals surface area (Å²) < 4.78 is 2.21. The predicted molar refractivity (Wildman–Crippen MR) is 84.1 cm³/mol. The van der Waals surface area contributed by atoms with Crippen molar-refractivity contribution >= 4 is 44.9 Å². The van der Waals surface area contributed by atoms with Crippen LogP contribution in [0, 0.1) is 0 Å². The number of halogens is 1. The first-order valence-electron chi connectivity index (χ1n) is 6.82. The molecule has 3 aromatic rings. The molecule has 5 nitrogen and oxygen atoms in total. The molecule has 0 fully saturated rings. The summed E-state index contributed by atoms with van der Waals surface area (Å²) in [5.41, 5.74) is 0. The number of hydrogen-bond acceptors (Lipinski definition) is 6. The summed E-state index contributed by atoms with van der Waals surface area (Å²) in [6.45, 7) is 0.982. The zero-order valence-corrected chi connectivity index (χ0v) is 13.5. The topological polar surface area (TPSA) is 56.5 Å². The Morgan fingerprint density at radius 3 is 3.10 bits per heavy atom. The van der Waals surface area contributed by atoms with Crippen LogP contribution in [0.5, 0.6) is 0 Å². The fraction of sp³-hybridized carbons (Fsp3) is 0.385. The Balaban J connectivity index is 1.75. The third kappa shape index (κ3) is 2.54. The summed E-state index contributed by atoms with van der Waals surface area (Å²) in [5.74, 6) is 1.08. The van der Waals surface area contributed by atoms with E-state index in [0.717, 1.165) is 39.2 Å². The average Bonchev–Trinajstić information content (AvgIpc) is 3.00. The van der Waals surface area contributed by atoms with Gasteiger partial charge in [-0.2, -0.15) is 0 Å².